The quantitative estimate of drug-likeness (QED) is 0.512. The third-order valence-electron chi connectivity index (χ3n) is 2.97. The van der Waals surface area contributed by atoms with Crippen LogP contribution < -0.4 is 0 Å². The van der Waals surface area contributed by atoms with Crippen LogP contribution in [-0.4, -0.2) is 10.1 Å². The molecule has 0 aliphatic carbocycles. The molecule has 86 valence electrons. The van der Waals surface area contributed by atoms with Crippen molar-refractivity contribution in [3.05, 3.63) is 48.0 Å². The molecule has 0 atom stereocenters. The molecule has 0 aliphatic rings. The summed E-state index contributed by atoms with van der Waals surface area (Å²) in [7, 11) is 0. The van der Waals surface area contributed by atoms with E-state index in [1.54, 1.807) is 17.5 Å². The zero-order valence-electron chi connectivity index (χ0n) is 9.33. The van der Waals surface area contributed by atoms with Crippen molar-refractivity contribution in [1.29, 1.82) is 0 Å². The SMILES string of the molecule is c1csc(-c2onc3c2ccc2cccnc23)c1. The minimum Gasteiger partial charge on any atom is -0.354 e. The van der Waals surface area contributed by atoms with Gasteiger partial charge in [0.05, 0.1) is 15.8 Å². The normalized spacial score (nSPS) is 11.3. The van der Waals surface area contributed by atoms with Crippen molar-refractivity contribution in [2.45, 2.75) is 0 Å². The topological polar surface area (TPSA) is 38.9 Å². The summed E-state index contributed by atoms with van der Waals surface area (Å²) in [6, 6.07) is 12.1. The van der Waals surface area contributed by atoms with E-state index in [9.17, 15) is 0 Å². The first-order valence-corrected chi connectivity index (χ1v) is 6.48. The number of hydrogen-bond acceptors (Lipinski definition) is 4. The monoisotopic (exact) mass is 252 g/mol. The van der Waals surface area contributed by atoms with E-state index in [1.165, 1.54) is 0 Å². The van der Waals surface area contributed by atoms with E-state index >= 15 is 0 Å². The highest BCUT2D eigenvalue weighted by atomic mass is 32.1. The van der Waals surface area contributed by atoms with E-state index in [2.05, 4.69) is 16.2 Å². The molecule has 4 aromatic rings. The van der Waals surface area contributed by atoms with Crippen molar-refractivity contribution in [1.82, 2.24) is 10.1 Å². The van der Waals surface area contributed by atoms with Gasteiger partial charge in [-0.25, -0.2) is 0 Å². The predicted octanol–water partition coefficient (Wildman–Crippen LogP) is 4.10. The largest absolute Gasteiger partial charge is 0.354 e. The van der Waals surface area contributed by atoms with Crippen LogP contribution in [0.15, 0.2) is 52.5 Å². The Kier molecular flexibility index (Phi) is 1.98. The van der Waals surface area contributed by atoms with Gasteiger partial charge in [-0.05, 0) is 23.6 Å². The number of benzene rings is 1. The minimum absolute atomic E-state index is 0.826. The number of aromatic nitrogens is 2. The first-order valence-electron chi connectivity index (χ1n) is 5.60. The molecule has 1 aromatic carbocycles. The van der Waals surface area contributed by atoms with Crippen molar-refractivity contribution in [2.75, 3.05) is 0 Å². The maximum Gasteiger partial charge on any atom is 0.184 e. The van der Waals surface area contributed by atoms with Crippen LogP contribution in [0.3, 0.4) is 0 Å². The average molecular weight is 252 g/mol. The Balaban J connectivity index is 2.12. The molecule has 0 unspecified atom stereocenters. The summed E-state index contributed by atoms with van der Waals surface area (Å²) < 4.78 is 5.49. The van der Waals surface area contributed by atoms with Crippen LogP contribution >= 0.6 is 11.3 Å². The first kappa shape index (κ1) is 9.79. The Morgan fingerprint density at radius 3 is 2.89 bits per heavy atom. The summed E-state index contributed by atoms with van der Waals surface area (Å²) in [5.41, 5.74) is 1.72. The minimum atomic E-state index is 0.826. The second-order valence-corrected chi connectivity index (χ2v) is 4.97. The Morgan fingerprint density at radius 2 is 2.00 bits per heavy atom. The Morgan fingerprint density at radius 1 is 1.00 bits per heavy atom. The molecule has 0 spiro atoms. The average Bonchev–Trinajstić information content (AvgIpc) is 3.07. The summed E-state index contributed by atoms with van der Waals surface area (Å²) in [5, 5.41) is 8.30. The van der Waals surface area contributed by atoms with Gasteiger partial charge in [0.25, 0.3) is 0 Å². The van der Waals surface area contributed by atoms with Crippen LogP contribution in [0.1, 0.15) is 0 Å². The molecule has 0 radical (unpaired) electrons. The molecule has 0 amide bonds. The molecule has 3 aromatic heterocycles. The van der Waals surface area contributed by atoms with Crippen molar-refractivity contribution in [3.8, 4) is 10.6 Å². The molecule has 3 nitrogen and oxygen atoms in total. The molecule has 3 heterocycles. The fourth-order valence-corrected chi connectivity index (χ4v) is 2.85. The number of hydrogen-bond donors (Lipinski definition) is 0. The highest BCUT2D eigenvalue weighted by Crippen LogP contribution is 2.34. The van der Waals surface area contributed by atoms with Crippen LogP contribution in [0.25, 0.3) is 32.4 Å². The van der Waals surface area contributed by atoms with E-state index in [0.29, 0.717) is 0 Å². The lowest BCUT2D eigenvalue weighted by Crippen LogP contribution is -1.79. The molecule has 4 heteroatoms. The van der Waals surface area contributed by atoms with Crippen molar-refractivity contribution >= 4 is 33.1 Å². The van der Waals surface area contributed by atoms with Gasteiger partial charge < -0.3 is 4.52 Å². The highest BCUT2D eigenvalue weighted by molar-refractivity contribution is 7.13. The fraction of sp³-hybridized carbons (Fsp3) is 0. The maximum absolute atomic E-state index is 5.49. The predicted molar refractivity (Wildman–Crippen MR) is 72.6 cm³/mol. The smallest absolute Gasteiger partial charge is 0.184 e. The van der Waals surface area contributed by atoms with E-state index in [-0.39, 0.29) is 0 Å². The lowest BCUT2D eigenvalue weighted by atomic mass is 10.1. The van der Waals surface area contributed by atoms with E-state index in [4.69, 9.17) is 4.52 Å². The van der Waals surface area contributed by atoms with Crippen molar-refractivity contribution < 1.29 is 4.52 Å². The van der Waals surface area contributed by atoms with E-state index < -0.39 is 0 Å². The third-order valence-corrected chi connectivity index (χ3v) is 3.83. The van der Waals surface area contributed by atoms with Gasteiger partial charge in [0, 0.05) is 11.6 Å². The highest BCUT2D eigenvalue weighted by Gasteiger charge is 2.13. The standard InChI is InChI=1S/C14H8N2OS/c1-3-9-5-6-10-13(12(9)15-7-1)16-17-14(10)11-4-2-8-18-11/h1-8H. The number of rotatable bonds is 1. The molecule has 0 aliphatic heterocycles. The Labute approximate surface area is 107 Å². The number of nitrogens with zero attached hydrogens (tertiary/aromatic N) is 2. The van der Waals surface area contributed by atoms with Gasteiger partial charge in [-0.1, -0.05) is 23.4 Å². The van der Waals surface area contributed by atoms with Crippen LogP contribution in [0.4, 0.5) is 0 Å². The molecule has 0 saturated carbocycles. The summed E-state index contributed by atoms with van der Waals surface area (Å²) in [6.45, 7) is 0. The molecule has 4 rings (SSSR count). The van der Waals surface area contributed by atoms with Crippen molar-refractivity contribution in [3.63, 3.8) is 0 Å². The zero-order chi connectivity index (χ0) is 11.9. The van der Waals surface area contributed by atoms with Crippen LogP contribution in [0.2, 0.25) is 0 Å². The molecular formula is C14H8N2OS. The van der Waals surface area contributed by atoms with E-state index in [0.717, 1.165) is 32.4 Å². The number of pyridine rings is 1. The Bertz CT molecular complexity index is 833. The number of thiophene rings is 1. The molecule has 0 N–H and O–H groups in total. The maximum atomic E-state index is 5.49. The van der Waals surface area contributed by atoms with Crippen molar-refractivity contribution in [2.24, 2.45) is 0 Å². The van der Waals surface area contributed by atoms with Gasteiger partial charge in [-0.15, -0.1) is 11.3 Å². The summed E-state index contributed by atoms with van der Waals surface area (Å²) in [4.78, 5) is 5.48. The van der Waals surface area contributed by atoms with Crippen LogP contribution in [0, 0.1) is 0 Å². The molecule has 0 saturated heterocycles. The molecule has 18 heavy (non-hydrogen) atoms. The molecule has 0 bridgehead atoms. The fourth-order valence-electron chi connectivity index (χ4n) is 2.13. The number of fused-ring (bicyclic) bond motifs is 3. The molecule has 0 fully saturated rings. The third kappa shape index (κ3) is 1.29. The Hall–Kier alpha value is -2.20. The van der Waals surface area contributed by atoms with Crippen LogP contribution in [0.5, 0.6) is 0 Å². The van der Waals surface area contributed by atoms with Gasteiger partial charge in [-0.2, -0.15) is 0 Å². The van der Waals surface area contributed by atoms with Crippen LogP contribution in [-0.2, 0) is 0 Å². The second-order valence-electron chi connectivity index (χ2n) is 4.03. The van der Waals surface area contributed by atoms with E-state index in [1.807, 2.05) is 35.7 Å². The first-order chi connectivity index (χ1) is 8.93. The summed E-state index contributed by atoms with van der Waals surface area (Å²) >= 11 is 1.65. The summed E-state index contributed by atoms with van der Waals surface area (Å²) in [6.07, 6.45) is 1.78. The molecular weight excluding hydrogens is 244 g/mol. The van der Waals surface area contributed by atoms with Gasteiger partial charge in [0.15, 0.2) is 5.76 Å². The lowest BCUT2D eigenvalue weighted by Gasteiger charge is -1.96. The zero-order valence-corrected chi connectivity index (χ0v) is 10.1. The van der Waals surface area contributed by atoms with Gasteiger partial charge in [0.2, 0.25) is 0 Å². The van der Waals surface area contributed by atoms with Gasteiger partial charge in [-0.3, -0.25) is 4.98 Å². The summed E-state index contributed by atoms with van der Waals surface area (Å²) in [5.74, 6) is 0.826. The lowest BCUT2D eigenvalue weighted by molar-refractivity contribution is 0.442. The second kappa shape index (κ2) is 3.65. The van der Waals surface area contributed by atoms with Gasteiger partial charge >= 0.3 is 0 Å². The van der Waals surface area contributed by atoms with Gasteiger partial charge in [0.1, 0.15) is 5.52 Å².